The molecule has 0 aliphatic carbocycles. The van der Waals surface area contributed by atoms with Crippen molar-refractivity contribution in [3.63, 3.8) is 0 Å². The van der Waals surface area contributed by atoms with Crippen LogP contribution in [0, 0.1) is 0 Å². The van der Waals surface area contributed by atoms with Gasteiger partial charge in [-0.3, -0.25) is 9.36 Å². The molecule has 1 amide bonds. The van der Waals surface area contributed by atoms with E-state index in [-0.39, 0.29) is 16.6 Å². The predicted octanol–water partition coefficient (Wildman–Crippen LogP) is 3.77. The van der Waals surface area contributed by atoms with Gasteiger partial charge in [-0.25, -0.2) is 13.6 Å². The summed E-state index contributed by atoms with van der Waals surface area (Å²) in [6, 6.07) is 17.2. The maximum Gasteiger partial charge on any atom is 0.238 e. The molecule has 2 aromatic carbocycles. The Morgan fingerprint density at radius 3 is 2.47 bits per heavy atom. The number of hydrogen-bond acceptors (Lipinski definition) is 8. The lowest BCUT2D eigenvalue weighted by Crippen LogP contribution is -2.15. The molecule has 4 rings (SSSR count). The third-order valence-electron chi connectivity index (χ3n) is 4.58. The lowest BCUT2D eigenvalue weighted by molar-refractivity contribution is -0.113. The van der Waals surface area contributed by atoms with Gasteiger partial charge in [0.25, 0.3) is 0 Å². The van der Waals surface area contributed by atoms with E-state index >= 15 is 0 Å². The summed E-state index contributed by atoms with van der Waals surface area (Å²) in [5, 5.41) is 19.0. The SMILES string of the molecule is CCOc1ccc(-n2c(SCC(=O)Nc3ccc(S(N)(=O)=O)cc3)nnc2-c2cccs2)cc1. The smallest absolute Gasteiger partial charge is 0.238 e. The molecule has 0 aliphatic rings. The minimum atomic E-state index is -3.79. The number of amides is 1. The first-order valence-corrected chi connectivity index (χ1v) is 13.5. The molecule has 0 saturated carbocycles. The van der Waals surface area contributed by atoms with Crippen molar-refractivity contribution in [1.82, 2.24) is 14.8 Å². The van der Waals surface area contributed by atoms with Crippen molar-refractivity contribution >= 4 is 44.7 Å². The largest absolute Gasteiger partial charge is 0.494 e. The summed E-state index contributed by atoms with van der Waals surface area (Å²) in [4.78, 5) is 13.4. The van der Waals surface area contributed by atoms with Gasteiger partial charge in [0, 0.05) is 5.69 Å². The van der Waals surface area contributed by atoms with Crippen LogP contribution in [0.4, 0.5) is 5.69 Å². The number of thioether (sulfide) groups is 1. The molecule has 0 unspecified atom stereocenters. The maximum atomic E-state index is 12.5. The molecule has 176 valence electrons. The van der Waals surface area contributed by atoms with E-state index < -0.39 is 10.0 Å². The molecule has 12 heteroatoms. The highest BCUT2D eigenvalue weighted by atomic mass is 32.2. The van der Waals surface area contributed by atoms with Crippen LogP contribution >= 0.6 is 23.1 Å². The molecule has 0 saturated heterocycles. The Kier molecular flexibility index (Phi) is 7.32. The number of thiophene rings is 1. The summed E-state index contributed by atoms with van der Waals surface area (Å²) in [7, 11) is -3.79. The summed E-state index contributed by atoms with van der Waals surface area (Å²) in [6.45, 7) is 2.50. The molecule has 9 nitrogen and oxygen atoms in total. The summed E-state index contributed by atoms with van der Waals surface area (Å²) in [5.74, 6) is 1.25. The fraction of sp³-hybridized carbons (Fsp3) is 0.136. The van der Waals surface area contributed by atoms with Gasteiger partial charge in [0.2, 0.25) is 15.9 Å². The summed E-state index contributed by atoms with van der Waals surface area (Å²) >= 11 is 2.79. The fourth-order valence-corrected chi connectivity index (χ4v) is 5.04. The molecular formula is C22H21N5O4S3. The van der Waals surface area contributed by atoms with Gasteiger partial charge in [-0.05, 0) is 66.9 Å². The number of hydrogen-bond donors (Lipinski definition) is 2. The molecule has 0 aliphatic heterocycles. The lowest BCUT2D eigenvalue weighted by Gasteiger charge is -2.11. The normalized spacial score (nSPS) is 11.4. The van der Waals surface area contributed by atoms with E-state index in [4.69, 9.17) is 9.88 Å². The first-order chi connectivity index (χ1) is 16.3. The number of nitrogens with zero attached hydrogens (tertiary/aromatic N) is 3. The third-order valence-corrected chi connectivity index (χ3v) is 7.30. The van der Waals surface area contributed by atoms with E-state index in [1.807, 2.05) is 53.3 Å². The van der Waals surface area contributed by atoms with E-state index in [0.29, 0.717) is 23.3 Å². The van der Waals surface area contributed by atoms with Crippen LogP contribution in [-0.4, -0.2) is 41.4 Å². The average molecular weight is 516 g/mol. The van der Waals surface area contributed by atoms with Crippen molar-refractivity contribution in [2.45, 2.75) is 17.0 Å². The van der Waals surface area contributed by atoms with Crippen LogP contribution in [0.25, 0.3) is 16.4 Å². The minimum absolute atomic E-state index is 0.0237. The molecular weight excluding hydrogens is 494 g/mol. The molecule has 0 atom stereocenters. The molecule has 2 heterocycles. The average Bonchev–Trinajstić information content (AvgIpc) is 3.48. The summed E-state index contributed by atoms with van der Waals surface area (Å²) in [5.41, 5.74) is 1.31. The van der Waals surface area contributed by atoms with Crippen LogP contribution in [0.5, 0.6) is 5.75 Å². The second-order valence-electron chi connectivity index (χ2n) is 6.95. The molecule has 0 spiro atoms. The van der Waals surface area contributed by atoms with Crippen molar-refractivity contribution in [2.24, 2.45) is 5.14 Å². The van der Waals surface area contributed by atoms with Gasteiger partial charge in [0.05, 0.1) is 27.8 Å². The van der Waals surface area contributed by atoms with Gasteiger partial charge in [-0.2, -0.15) is 0 Å². The van der Waals surface area contributed by atoms with E-state index in [2.05, 4.69) is 15.5 Å². The van der Waals surface area contributed by atoms with Crippen LogP contribution in [0.2, 0.25) is 0 Å². The first kappa shape index (κ1) is 24.0. The molecule has 34 heavy (non-hydrogen) atoms. The highest BCUT2D eigenvalue weighted by Gasteiger charge is 2.18. The quantitative estimate of drug-likeness (QED) is 0.325. The zero-order chi connectivity index (χ0) is 24.1. The Balaban J connectivity index is 1.52. The molecule has 4 aromatic rings. The van der Waals surface area contributed by atoms with E-state index in [0.717, 1.165) is 16.3 Å². The van der Waals surface area contributed by atoms with Gasteiger partial charge >= 0.3 is 0 Å². The molecule has 3 N–H and O–H groups in total. The number of primary sulfonamides is 1. The standard InChI is InChI=1S/C22H21N5O4S3/c1-2-31-17-9-7-16(8-10-17)27-21(19-4-3-13-32-19)25-26-22(27)33-14-20(28)24-15-5-11-18(12-6-15)34(23,29)30/h3-13H,2,14H2,1H3,(H,24,28)(H2,23,29,30). The Labute approximate surface area is 205 Å². The van der Waals surface area contributed by atoms with E-state index in [9.17, 15) is 13.2 Å². The van der Waals surface area contributed by atoms with Crippen LogP contribution in [0.1, 0.15) is 6.92 Å². The Bertz CT molecular complexity index is 1370. The third kappa shape index (κ3) is 5.65. The van der Waals surface area contributed by atoms with Crippen LogP contribution < -0.4 is 15.2 Å². The van der Waals surface area contributed by atoms with E-state index in [1.165, 1.54) is 36.0 Å². The van der Waals surface area contributed by atoms with Gasteiger partial charge in [0.1, 0.15) is 5.75 Å². The van der Waals surface area contributed by atoms with Crippen LogP contribution in [0.3, 0.4) is 0 Å². The fourth-order valence-electron chi connectivity index (χ4n) is 3.07. The Morgan fingerprint density at radius 2 is 1.85 bits per heavy atom. The van der Waals surface area contributed by atoms with Gasteiger partial charge in [-0.1, -0.05) is 17.8 Å². The van der Waals surface area contributed by atoms with Crippen molar-refractivity contribution in [1.29, 1.82) is 0 Å². The summed E-state index contributed by atoms with van der Waals surface area (Å²) < 4.78 is 30.2. The van der Waals surface area contributed by atoms with Gasteiger partial charge < -0.3 is 10.1 Å². The van der Waals surface area contributed by atoms with Crippen LogP contribution in [0.15, 0.2) is 76.1 Å². The number of nitrogens with one attached hydrogen (secondary N) is 1. The number of anilines is 1. The van der Waals surface area contributed by atoms with Crippen molar-refractivity contribution in [3.05, 3.63) is 66.0 Å². The van der Waals surface area contributed by atoms with Gasteiger partial charge in [0.15, 0.2) is 11.0 Å². The van der Waals surface area contributed by atoms with E-state index in [1.54, 1.807) is 11.3 Å². The second-order valence-corrected chi connectivity index (χ2v) is 10.4. The number of carbonyl (C=O) groups excluding carboxylic acids is 1. The first-order valence-electron chi connectivity index (χ1n) is 10.1. The number of nitrogens with two attached hydrogens (primary N) is 1. The van der Waals surface area contributed by atoms with Crippen molar-refractivity contribution in [3.8, 4) is 22.1 Å². The van der Waals surface area contributed by atoms with Crippen LogP contribution in [-0.2, 0) is 14.8 Å². The number of sulfonamides is 1. The zero-order valence-electron chi connectivity index (χ0n) is 18.0. The number of rotatable bonds is 9. The zero-order valence-corrected chi connectivity index (χ0v) is 20.5. The monoisotopic (exact) mass is 515 g/mol. The molecule has 0 fully saturated rings. The van der Waals surface area contributed by atoms with Crippen molar-refractivity contribution < 1.29 is 17.9 Å². The Hall–Kier alpha value is -3.19. The highest BCUT2D eigenvalue weighted by Crippen LogP contribution is 2.31. The predicted molar refractivity (Wildman–Crippen MR) is 133 cm³/mol. The number of carbonyl (C=O) groups is 1. The topological polar surface area (TPSA) is 129 Å². The number of ether oxygens (including phenoxy) is 1. The highest BCUT2D eigenvalue weighted by molar-refractivity contribution is 7.99. The second kappa shape index (κ2) is 10.4. The van der Waals surface area contributed by atoms with Gasteiger partial charge in [-0.15, -0.1) is 21.5 Å². The lowest BCUT2D eigenvalue weighted by atomic mass is 10.3. The molecule has 0 bridgehead atoms. The number of benzene rings is 2. The number of aromatic nitrogens is 3. The van der Waals surface area contributed by atoms with Crippen molar-refractivity contribution in [2.75, 3.05) is 17.7 Å². The Morgan fingerprint density at radius 1 is 1.12 bits per heavy atom. The maximum absolute atomic E-state index is 12.5. The minimum Gasteiger partial charge on any atom is -0.494 e. The molecule has 0 radical (unpaired) electrons. The summed E-state index contributed by atoms with van der Waals surface area (Å²) in [6.07, 6.45) is 0. The molecule has 2 aromatic heterocycles.